The number of benzene rings is 2. The van der Waals surface area contributed by atoms with Crippen LogP contribution in [0.15, 0.2) is 53.3 Å². The molecule has 1 aromatic heterocycles. The minimum absolute atomic E-state index is 0.0692. The second-order valence-electron chi connectivity index (χ2n) is 5.17. The lowest BCUT2D eigenvalue weighted by molar-refractivity contribution is -0.137. The van der Waals surface area contributed by atoms with Crippen molar-refractivity contribution >= 4 is 34.0 Å². The van der Waals surface area contributed by atoms with Crippen LogP contribution in [0.4, 0.5) is 0 Å². The van der Waals surface area contributed by atoms with Crippen molar-refractivity contribution < 1.29 is 14.3 Å². The highest BCUT2D eigenvalue weighted by molar-refractivity contribution is 5.97. The maximum Gasteiger partial charge on any atom is 0.332 e. The number of esters is 1. The van der Waals surface area contributed by atoms with Crippen LogP contribution in [0.5, 0.6) is 5.75 Å². The summed E-state index contributed by atoms with van der Waals surface area (Å²) in [5.74, 6) is 0.178. The van der Waals surface area contributed by atoms with Crippen LogP contribution < -0.4 is 10.2 Å². The van der Waals surface area contributed by atoms with Gasteiger partial charge in [0.05, 0.1) is 30.1 Å². The van der Waals surface area contributed by atoms with E-state index in [0.29, 0.717) is 28.6 Å². The van der Waals surface area contributed by atoms with Gasteiger partial charge >= 0.3 is 5.97 Å². The van der Waals surface area contributed by atoms with E-state index in [1.54, 1.807) is 44.5 Å². The van der Waals surface area contributed by atoms with E-state index in [-0.39, 0.29) is 5.43 Å². The lowest BCUT2D eigenvalue weighted by atomic mass is 10.1. The number of fused-ring (bicyclic) bond motifs is 2. The molecule has 0 aliphatic rings. The minimum Gasteiger partial charge on any atom is -0.497 e. The van der Waals surface area contributed by atoms with Gasteiger partial charge < -0.3 is 14.0 Å². The molecule has 0 atom stereocenters. The molecule has 0 aliphatic carbocycles. The third-order valence-corrected chi connectivity index (χ3v) is 3.76. The molecule has 3 rings (SSSR count). The van der Waals surface area contributed by atoms with Gasteiger partial charge in [0.2, 0.25) is 0 Å². The normalized spacial score (nSPS) is 11.2. The number of hydrogen-bond acceptors (Lipinski definition) is 4. The monoisotopic (exact) mass is 323 g/mol. The summed E-state index contributed by atoms with van der Waals surface area (Å²) >= 11 is 0. The predicted molar refractivity (Wildman–Crippen MR) is 94.2 cm³/mol. The van der Waals surface area contributed by atoms with E-state index in [1.165, 1.54) is 6.08 Å². The second kappa shape index (κ2) is 6.58. The number of carbonyl (C=O) groups excluding carboxylic acids is 1. The SMILES string of the molecule is CCOC(=O)C=Cn1c2ccccc2c(=O)c2cc(OC)ccc21. The molecule has 0 bridgehead atoms. The van der Waals surface area contributed by atoms with Crippen LogP contribution in [0.25, 0.3) is 28.0 Å². The molecule has 0 saturated carbocycles. The quantitative estimate of drug-likeness (QED) is 0.420. The number of rotatable bonds is 4. The van der Waals surface area contributed by atoms with Crippen molar-refractivity contribution in [2.45, 2.75) is 6.92 Å². The fourth-order valence-electron chi connectivity index (χ4n) is 2.67. The van der Waals surface area contributed by atoms with Crippen molar-refractivity contribution in [1.29, 1.82) is 0 Å². The van der Waals surface area contributed by atoms with E-state index in [9.17, 15) is 9.59 Å². The fourth-order valence-corrected chi connectivity index (χ4v) is 2.67. The van der Waals surface area contributed by atoms with Crippen LogP contribution in [0.2, 0.25) is 0 Å². The molecule has 5 nitrogen and oxygen atoms in total. The van der Waals surface area contributed by atoms with Gasteiger partial charge in [0.15, 0.2) is 5.43 Å². The van der Waals surface area contributed by atoms with Gasteiger partial charge in [0.25, 0.3) is 0 Å². The first-order chi connectivity index (χ1) is 11.7. The number of pyridine rings is 1. The van der Waals surface area contributed by atoms with E-state index in [1.807, 2.05) is 22.8 Å². The zero-order valence-corrected chi connectivity index (χ0v) is 13.5. The first-order valence-electron chi connectivity index (χ1n) is 7.61. The predicted octanol–water partition coefficient (Wildman–Crippen LogP) is 3.20. The van der Waals surface area contributed by atoms with Crippen LogP contribution in [0, 0.1) is 0 Å². The average Bonchev–Trinajstić information content (AvgIpc) is 2.61. The lowest BCUT2D eigenvalue weighted by Gasteiger charge is -2.12. The van der Waals surface area contributed by atoms with E-state index < -0.39 is 5.97 Å². The van der Waals surface area contributed by atoms with Crippen molar-refractivity contribution in [2.24, 2.45) is 0 Å². The summed E-state index contributed by atoms with van der Waals surface area (Å²) in [5.41, 5.74) is 1.35. The largest absolute Gasteiger partial charge is 0.497 e. The molecule has 0 aliphatic heterocycles. The van der Waals surface area contributed by atoms with Gasteiger partial charge in [0, 0.05) is 17.7 Å². The second-order valence-corrected chi connectivity index (χ2v) is 5.17. The van der Waals surface area contributed by atoms with Gasteiger partial charge in [-0.3, -0.25) is 4.79 Å². The van der Waals surface area contributed by atoms with E-state index >= 15 is 0 Å². The molecule has 3 aromatic rings. The van der Waals surface area contributed by atoms with Gasteiger partial charge in [-0.2, -0.15) is 0 Å². The number of aromatic nitrogens is 1. The van der Waals surface area contributed by atoms with Crippen LogP contribution in [0.3, 0.4) is 0 Å². The summed E-state index contributed by atoms with van der Waals surface area (Å²) in [6.07, 6.45) is 2.97. The Balaban J connectivity index is 2.33. The lowest BCUT2D eigenvalue weighted by Crippen LogP contribution is -2.09. The van der Waals surface area contributed by atoms with Gasteiger partial charge in [-0.05, 0) is 37.3 Å². The number of para-hydroxylation sites is 1. The molecular weight excluding hydrogens is 306 g/mol. The van der Waals surface area contributed by atoms with Crippen LogP contribution in [-0.2, 0) is 9.53 Å². The fraction of sp³-hybridized carbons (Fsp3) is 0.158. The Morgan fingerprint density at radius 1 is 1.12 bits per heavy atom. The Labute approximate surface area is 138 Å². The molecule has 0 unspecified atom stereocenters. The van der Waals surface area contributed by atoms with Crippen LogP contribution in [0.1, 0.15) is 6.92 Å². The Morgan fingerprint density at radius 2 is 1.88 bits per heavy atom. The molecule has 0 saturated heterocycles. The highest BCUT2D eigenvalue weighted by atomic mass is 16.5. The summed E-state index contributed by atoms with van der Waals surface area (Å²) < 4.78 is 12.0. The third kappa shape index (κ3) is 2.76. The van der Waals surface area contributed by atoms with Crippen LogP contribution in [-0.4, -0.2) is 24.3 Å². The van der Waals surface area contributed by atoms with E-state index in [0.717, 1.165) is 5.52 Å². The standard InChI is InChI=1S/C19H17NO4/c1-3-24-18(21)10-11-20-16-7-5-4-6-14(16)19(22)15-12-13(23-2)8-9-17(15)20/h4-12H,3H2,1-2H3. The summed E-state index contributed by atoms with van der Waals surface area (Å²) in [7, 11) is 1.56. The van der Waals surface area contributed by atoms with Gasteiger partial charge in [-0.1, -0.05) is 12.1 Å². The van der Waals surface area contributed by atoms with Crippen LogP contribution >= 0.6 is 0 Å². The Hall–Kier alpha value is -3.08. The van der Waals surface area contributed by atoms with E-state index in [4.69, 9.17) is 9.47 Å². The smallest absolute Gasteiger partial charge is 0.332 e. The Kier molecular flexibility index (Phi) is 4.33. The molecule has 0 amide bonds. The van der Waals surface area contributed by atoms with Crippen molar-refractivity contribution in [3.63, 3.8) is 0 Å². The summed E-state index contributed by atoms with van der Waals surface area (Å²) in [4.78, 5) is 24.4. The average molecular weight is 323 g/mol. The highest BCUT2D eigenvalue weighted by Gasteiger charge is 2.10. The number of hydrogen-bond donors (Lipinski definition) is 0. The molecule has 0 spiro atoms. The molecule has 24 heavy (non-hydrogen) atoms. The molecule has 0 fully saturated rings. The molecule has 0 N–H and O–H groups in total. The van der Waals surface area contributed by atoms with Crippen molar-refractivity contribution in [1.82, 2.24) is 4.57 Å². The molecule has 122 valence electrons. The van der Waals surface area contributed by atoms with Gasteiger partial charge in [-0.25, -0.2) is 4.79 Å². The van der Waals surface area contributed by atoms with Gasteiger partial charge in [-0.15, -0.1) is 0 Å². The van der Waals surface area contributed by atoms with Crippen molar-refractivity contribution in [3.8, 4) is 5.75 Å². The summed E-state index contributed by atoms with van der Waals surface area (Å²) in [5, 5.41) is 1.10. The summed E-state index contributed by atoms with van der Waals surface area (Å²) in [6.45, 7) is 2.06. The topological polar surface area (TPSA) is 57.5 Å². The first kappa shape index (κ1) is 15.8. The summed E-state index contributed by atoms with van der Waals surface area (Å²) in [6, 6.07) is 12.6. The molecule has 0 radical (unpaired) electrons. The zero-order valence-electron chi connectivity index (χ0n) is 13.5. The van der Waals surface area contributed by atoms with E-state index in [2.05, 4.69) is 0 Å². The zero-order chi connectivity index (χ0) is 17.1. The number of methoxy groups -OCH3 is 1. The molecule has 5 heteroatoms. The molecule has 1 heterocycles. The Bertz CT molecular complexity index is 1000. The number of nitrogens with zero attached hydrogens (tertiary/aromatic N) is 1. The van der Waals surface area contributed by atoms with Crippen molar-refractivity contribution in [3.05, 3.63) is 58.8 Å². The molecular formula is C19H17NO4. The first-order valence-corrected chi connectivity index (χ1v) is 7.61. The Morgan fingerprint density at radius 3 is 2.62 bits per heavy atom. The maximum absolute atomic E-state index is 12.8. The maximum atomic E-state index is 12.8. The number of ether oxygens (including phenoxy) is 2. The number of carbonyl (C=O) groups is 1. The van der Waals surface area contributed by atoms with Crippen molar-refractivity contribution in [2.75, 3.05) is 13.7 Å². The minimum atomic E-state index is -0.429. The highest BCUT2D eigenvalue weighted by Crippen LogP contribution is 2.23. The molecule has 2 aromatic carbocycles. The third-order valence-electron chi connectivity index (χ3n) is 3.76. The van der Waals surface area contributed by atoms with Gasteiger partial charge in [0.1, 0.15) is 5.75 Å².